The van der Waals surface area contributed by atoms with Gasteiger partial charge in [0.05, 0.1) is 11.6 Å². The van der Waals surface area contributed by atoms with E-state index in [9.17, 15) is 0 Å². The van der Waals surface area contributed by atoms with Crippen LogP contribution in [0.3, 0.4) is 0 Å². The van der Waals surface area contributed by atoms with Crippen LogP contribution in [-0.2, 0) is 10.3 Å². The van der Waals surface area contributed by atoms with Crippen molar-refractivity contribution in [2.75, 3.05) is 7.11 Å². The second-order valence-electron chi connectivity index (χ2n) is 5.29. The Morgan fingerprint density at radius 2 is 2.35 bits per heavy atom. The fraction of sp³-hybridized carbons (Fsp3) is 0.769. The molecule has 2 atom stereocenters. The summed E-state index contributed by atoms with van der Waals surface area (Å²) >= 11 is 1.78. The molecule has 94 valence electrons. The number of methoxy groups -OCH3 is 1. The molecule has 0 spiro atoms. The molecule has 2 aliphatic rings. The Morgan fingerprint density at radius 3 is 3.00 bits per heavy atom. The second-order valence-corrected chi connectivity index (χ2v) is 6.19. The van der Waals surface area contributed by atoms with Gasteiger partial charge >= 0.3 is 0 Å². The van der Waals surface area contributed by atoms with Gasteiger partial charge in [-0.05, 0) is 38.5 Å². The summed E-state index contributed by atoms with van der Waals surface area (Å²) in [6.45, 7) is 0. The van der Waals surface area contributed by atoms with Gasteiger partial charge < -0.3 is 10.1 Å². The lowest BCUT2D eigenvalue weighted by Crippen LogP contribution is -2.48. The van der Waals surface area contributed by atoms with Crippen LogP contribution in [0, 0.1) is 0 Å². The third kappa shape index (κ3) is 2.39. The maximum atomic E-state index is 5.58. The predicted octanol–water partition coefficient (Wildman–Crippen LogP) is 2.68. The van der Waals surface area contributed by atoms with Crippen molar-refractivity contribution in [1.82, 2.24) is 10.3 Å². The van der Waals surface area contributed by atoms with Crippen LogP contribution in [0.2, 0.25) is 0 Å². The van der Waals surface area contributed by atoms with E-state index in [0.29, 0.717) is 6.10 Å². The van der Waals surface area contributed by atoms with E-state index >= 15 is 0 Å². The molecular weight excluding hydrogens is 232 g/mol. The summed E-state index contributed by atoms with van der Waals surface area (Å²) in [4.78, 5) is 4.56. The SMILES string of the molecule is COC1CCCC(NC2CC2)(c2nccs2)C1. The molecule has 3 rings (SSSR count). The van der Waals surface area contributed by atoms with Gasteiger partial charge in [0.2, 0.25) is 0 Å². The summed E-state index contributed by atoms with van der Waals surface area (Å²) in [5.41, 5.74) is 0.0915. The van der Waals surface area contributed by atoms with E-state index in [4.69, 9.17) is 4.74 Å². The number of rotatable bonds is 4. The van der Waals surface area contributed by atoms with Crippen LogP contribution in [0.4, 0.5) is 0 Å². The molecule has 0 amide bonds. The summed E-state index contributed by atoms with van der Waals surface area (Å²) in [5.74, 6) is 0. The van der Waals surface area contributed by atoms with Crippen LogP contribution in [0.15, 0.2) is 11.6 Å². The van der Waals surface area contributed by atoms with Crippen LogP contribution >= 0.6 is 11.3 Å². The average molecular weight is 252 g/mol. The Bertz CT molecular complexity index is 364. The number of ether oxygens (including phenoxy) is 1. The molecule has 2 aliphatic carbocycles. The lowest BCUT2D eigenvalue weighted by molar-refractivity contribution is 0.0284. The normalized spacial score (nSPS) is 33.8. The lowest BCUT2D eigenvalue weighted by Gasteiger charge is -2.40. The van der Waals surface area contributed by atoms with Gasteiger partial charge in [0.15, 0.2) is 0 Å². The molecule has 4 heteroatoms. The smallest absolute Gasteiger partial charge is 0.113 e. The monoisotopic (exact) mass is 252 g/mol. The zero-order chi connectivity index (χ0) is 11.7. The molecule has 3 nitrogen and oxygen atoms in total. The second kappa shape index (κ2) is 4.67. The molecule has 0 aliphatic heterocycles. The van der Waals surface area contributed by atoms with Crippen molar-refractivity contribution in [2.24, 2.45) is 0 Å². The number of nitrogens with one attached hydrogen (secondary N) is 1. The van der Waals surface area contributed by atoms with Gasteiger partial charge in [0.1, 0.15) is 5.01 Å². The predicted molar refractivity (Wildman–Crippen MR) is 69.2 cm³/mol. The topological polar surface area (TPSA) is 34.1 Å². The Balaban J connectivity index is 1.84. The van der Waals surface area contributed by atoms with Gasteiger partial charge in [-0.2, -0.15) is 0 Å². The lowest BCUT2D eigenvalue weighted by atomic mass is 9.80. The van der Waals surface area contributed by atoms with E-state index in [-0.39, 0.29) is 5.54 Å². The van der Waals surface area contributed by atoms with Gasteiger partial charge in [0.25, 0.3) is 0 Å². The summed E-state index contributed by atoms with van der Waals surface area (Å²) in [6, 6.07) is 0.717. The molecule has 1 aromatic rings. The standard InChI is InChI=1S/C13H20N2OS/c1-16-11-3-2-6-13(9-11,15-10-4-5-10)12-14-7-8-17-12/h7-8,10-11,15H,2-6,9H2,1H3. The molecule has 17 heavy (non-hydrogen) atoms. The minimum atomic E-state index is 0.0915. The van der Waals surface area contributed by atoms with Crippen molar-refractivity contribution < 1.29 is 4.74 Å². The zero-order valence-corrected chi connectivity index (χ0v) is 11.1. The van der Waals surface area contributed by atoms with E-state index in [1.54, 1.807) is 11.3 Å². The van der Waals surface area contributed by atoms with E-state index in [2.05, 4.69) is 15.7 Å². The number of nitrogens with zero attached hydrogens (tertiary/aromatic N) is 1. The minimum absolute atomic E-state index is 0.0915. The van der Waals surface area contributed by atoms with E-state index in [1.807, 2.05) is 13.3 Å². The van der Waals surface area contributed by atoms with Crippen LogP contribution in [0.25, 0.3) is 0 Å². The van der Waals surface area contributed by atoms with E-state index in [1.165, 1.54) is 37.1 Å². The zero-order valence-electron chi connectivity index (χ0n) is 10.3. The molecule has 0 saturated heterocycles. The highest BCUT2D eigenvalue weighted by atomic mass is 32.1. The molecule has 0 bridgehead atoms. The fourth-order valence-electron chi connectivity index (χ4n) is 2.89. The number of aromatic nitrogens is 1. The van der Waals surface area contributed by atoms with E-state index < -0.39 is 0 Å². The third-order valence-corrected chi connectivity index (χ3v) is 4.92. The highest BCUT2D eigenvalue weighted by Crippen LogP contribution is 2.41. The Morgan fingerprint density at radius 1 is 1.47 bits per heavy atom. The van der Waals surface area contributed by atoms with Gasteiger partial charge in [-0.1, -0.05) is 0 Å². The van der Waals surface area contributed by atoms with Crippen LogP contribution < -0.4 is 5.32 Å². The van der Waals surface area contributed by atoms with Crippen molar-refractivity contribution in [1.29, 1.82) is 0 Å². The molecule has 0 aromatic carbocycles. The molecule has 2 saturated carbocycles. The first-order valence-electron chi connectivity index (χ1n) is 6.53. The third-order valence-electron chi connectivity index (χ3n) is 3.94. The molecular formula is C13H20N2OS. The molecule has 2 fully saturated rings. The molecule has 2 unspecified atom stereocenters. The Kier molecular flexibility index (Phi) is 3.19. The largest absolute Gasteiger partial charge is 0.381 e. The van der Waals surface area contributed by atoms with Gasteiger partial charge in [-0.15, -0.1) is 11.3 Å². The van der Waals surface area contributed by atoms with Crippen molar-refractivity contribution in [3.63, 3.8) is 0 Å². The number of thiazole rings is 1. The van der Waals surface area contributed by atoms with Crippen molar-refractivity contribution in [2.45, 2.75) is 56.2 Å². The quantitative estimate of drug-likeness (QED) is 0.894. The highest BCUT2D eigenvalue weighted by molar-refractivity contribution is 7.09. The van der Waals surface area contributed by atoms with E-state index in [0.717, 1.165) is 12.5 Å². The van der Waals surface area contributed by atoms with Crippen molar-refractivity contribution in [3.8, 4) is 0 Å². The summed E-state index contributed by atoms with van der Waals surface area (Å²) in [7, 11) is 1.83. The number of hydrogen-bond donors (Lipinski definition) is 1. The minimum Gasteiger partial charge on any atom is -0.381 e. The number of hydrogen-bond acceptors (Lipinski definition) is 4. The average Bonchev–Trinajstić information content (AvgIpc) is 2.99. The molecule has 1 aromatic heterocycles. The summed E-state index contributed by atoms with van der Waals surface area (Å²) in [6.07, 6.45) is 9.67. The van der Waals surface area contributed by atoms with Gasteiger partial charge in [-0.3, -0.25) is 0 Å². The first kappa shape index (κ1) is 11.6. The summed E-state index contributed by atoms with van der Waals surface area (Å²) in [5, 5.41) is 7.18. The maximum Gasteiger partial charge on any atom is 0.113 e. The Hall–Kier alpha value is -0.450. The maximum absolute atomic E-state index is 5.58. The van der Waals surface area contributed by atoms with Crippen molar-refractivity contribution in [3.05, 3.63) is 16.6 Å². The first-order chi connectivity index (χ1) is 8.32. The fourth-order valence-corrected chi connectivity index (χ4v) is 3.73. The van der Waals surface area contributed by atoms with Gasteiger partial charge in [-0.25, -0.2) is 4.98 Å². The van der Waals surface area contributed by atoms with Crippen molar-refractivity contribution >= 4 is 11.3 Å². The Labute approximate surface area is 107 Å². The van der Waals surface area contributed by atoms with Crippen LogP contribution in [-0.4, -0.2) is 24.2 Å². The molecule has 1 N–H and O–H groups in total. The summed E-state index contributed by atoms with van der Waals surface area (Å²) < 4.78 is 5.58. The molecule has 0 radical (unpaired) electrons. The highest BCUT2D eigenvalue weighted by Gasteiger charge is 2.43. The van der Waals surface area contributed by atoms with Gasteiger partial charge in [0, 0.05) is 24.7 Å². The molecule has 1 heterocycles. The van der Waals surface area contributed by atoms with Crippen LogP contribution in [0.5, 0.6) is 0 Å². The first-order valence-corrected chi connectivity index (χ1v) is 7.41. The van der Waals surface area contributed by atoms with Crippen LogP contribution in [0.1, 0.15) is 43.5 Å².